The molecule has 0 spiro atoms. The maximum atomic E-state index is 2.85. The van der Waals surface area contributed by atoms with Crippen molar-refractivity contribution < 1.29 is 0 Å². The van der Waals surface area contributed by atoms with Gasteiger partial charge >= 0.3 is 0 Å². The van der Waals surface area contributed by atoms with Crippen LogP contribution in [0.3, 0.4) is 0 Å². The lowest BCUT2D eigenvalue weighted by molar-refractivity contribution is 0.633. The van der Waals surface area contributed by atoms with E-state index in [2.05, 4.69) is 114 Å². The Hall–Kier alpha value is -2.64. The van der Waals surface area contributed by atoms with Gasteiger partial charge in [0.1, 0.15) is 0 Å². The molecule has 0 aliphatic heterocycles. The molecule has 1 heteroatoms. The molecule has 0 bridgehead atoms. The minimum atomic E-state index is -2.72. The molecule has 2 unspecified atom stereocenters. The van der Waals surface area contributed by atoms with Crippen LogP contribution in [0.5, 0.6) is 0 Å². The maximum Gasteiger partial charge on any atom is 0.155 e. The van der Waals surface area contributed by atoms with Gasteiger partial charge in [-0.25, -0.2) is 0 Å². The van der Waals surface area contributed by atoms with Crippen molar-refractivity contribution in [3.05, 3.63) is 112 Å². The lowest BCUT2D eigenvalue weighted by Gasteiger charge is -2.42. The SMILES string of the molecule is CCCCCCc1cc(CCCCCC)cc([Si](c2cc(CCCCCC)cc(CCCCCC)c2)(c2cc(CCCCCC)cc(CCCCCC)c2)C2CCC3CC=CC=C32)c1. The Morgan fingerprint density at radius 2 is 0.656 bits per heavy atom. The van der Waals surface area contributed by atoms with Gasteiger partial charge in [0.15, 0.2) is 8.07 Å². The van der Waals surface area contributed by atoms with Gasteiger partial charge in [0.25, 0.3) is 0 Å². The number of unbranched alkanes of at least 4 members (excludes halogenated alkanes) is 18. The zero-order chi connectivity index (χ0) is 45.2. The summed E-state index contributed by atoms with van der Waals surface area (Å²) in [5, 5.41) is 5.27. The lowest BCUT2D eigenvalue weighted by atomic mass is 9.95. The van der Waals surface area contributed by atoms with Crippen molar-refractivity contribution >= 4 is 23.6 Å². The molecule has 5 rings (SSSR count). The van der Waals surface area contributed by atoms with Crippen LogP contribution in [-0.4, -0.2) is 8.07 Å². The highest BCUT2D eigenvalue weighted by Crippen LogP contribution is 2.49. The van der Waals surface area contributed by atoms with Crippen molar-refractivity contribution in [3.8, 4) is 0 Å². The Bertz CT molecular complexity index is 1540. The van der Waals surface area contributed by atoms with Crippen molar-refractivity contribution in [2.24, 2.45) is 5.92 Å². The fourth-order valence-electron chi connectivity index (χ4n) is 11.9. The van der Waals surface area contributed by atoms with E-state index in [-0.39, 0.29) is 0 Å². The summed E-state index contributed by atoms with van der Waals surface area (Å²) in [4.78, 5) is 0. The third kappa shape index (κ3) is 15.7. The van der Waals surface area contributed by atoms with Crippen LogP contribution in [-0.2, 0) is 38.5 Å². The average Bonchev–Trinajstić information content (AvgIpc) is 3.74. The highest BCUT2D eigenvalue weighted by Gasteiger charge is 2.52. The summed E-state index contributed by atoms with van der Waals surface area (Å²) in [5.41, 5.74) is 12.2. The maximum absolute atomic E-state index is 2.85. The standard InChI is InChI=1S/C63H98Si/c1-7-13-19-25-33-52-43-53(34-26-20-14-8-2)47-59(46-52)64(63-42-41-58-39-31-32-40-62(58)63,60-48-54(35-27-21-15-9-3)44-55(49-60)36-28-22-16-10-4)61-50-56(37-29-23-17-11-5)45-57(51-61)38-30-24-18-12-6/h31-32,40,43-51,58,63H,7-30,33-39,41-42H2,1-6H3. The minimum absolute atomic E-state index is 0.581. The number of hydrogen-bond donors (Lipinski definition) is 0. The second kappa shape index (κ2) is 29.9. The number of fused-ring (bicyclic) bond motifs is 1. The molecule has 1 saturated carbocycles. The van der Waals surface area contributed by atoms with E-state index in [1.165, 1.54) is 212 Å². The van der Waals surface area contributed by atoms with Gasteiger partial charge in [0.2, 0.25) is 0 Å². The van der Waals surface area contributed by atoms with Crippen molar-refractivity contribution in [2.45, 2.75) is 259 Å². The molecule has 0 N–H and O–H groups in total. The summed E-state index contributed by atoms with van der Waals surface area (Å²) in [5.74, 6) is 0.698. The first kappa shape index (κ1) is 52.3. The molecule has 0 amide bonds. The van der Waals surface area contributed by atoms with Gasteiger partial charge in [0.05, 0.1) is 0 Å². The van der Waals surface area contributed by atoms with Crippen molar-refractivity contribution in [3.63, 3.8) is 0 Å². The normalized spacial score (nSPS) is 16.1. The third-order valence-electron chi connectivity index (χ3n) is 15.5. The Balaban J connectivity index is 1.86. The van der Waals surface area contributed by atoms with E-state index in [9.17, 15) is 0 Å². The highest BCUT2D eigenvalue weighted by molar-refractivity contribution is 7.13. The summed E-state index contributed by atoms with van der Waals surface area (Å²) in [7, 11) is -2.72. The summed E-state index contributed by atoms with van der Waals surface area (Å²) < 4.78 is 0. The summed E-state index contributed by atoms with van der Waals surface area (Å²) >= 11 is 0. The zero-order valence-corrected chi connectivity index (χ0v) is 43.9. The number of allylic oxidation sites excluding steroid dienone is 4. The van der Waals surface area contributed by atoms with E-state index >= 15 is 0 Å². The van der Waals surface area contributed by atoms with Crippen LogP contribution < -0.4 is 15.6 Å². The summed E-state index contributed by atoms with van der Waals surface area (Å²) in [6.07, 6.45) is 50.7. The number of aryl methyl sites for hydroxylation is 6. The second-order valence-electron chi connectivity index (χ2n) is 20.9. The molecular weight excluding hydrogens is 785 g/mol. The van der Waals surface area contributed by atoms with Crippen LogP contribution >= 0.6 is 0 Å². The van der Waals surface area contributed by atoms with Gasteiger partial charge in [-0.15, -0.1) is 0 Å². The fourth-order valence-corrected chi connectivity index (χ4v) is 18.0. The quantitative estimate of drug-likeness (QED) is 0.0318. The predicted molar refractivity (Wildman–Crippen MR) is 289 cm³/mol. The lowest BCUT2D eigenvalue weighted by Crippen LogP contribution is -2.70. The molecule has 3 aromatic rings. The molecule has 2 atom stereocenters. The molecule has 354 valence electrons. The van der Waals surface area contributed by atoms with Crippen LogP contribution in [0.1, 0.15) is 248 Å². The molecule has 64 heavy (non-hydrogen) atoms. The molecule has 1 fully saturated rings. The zero-order valence-electron chi connectivity index (χ0n) is 42.9. The van der Waals surface area contributed by atoms with Crippen molar-refractivity contribution in [1.29, 1.82) is 0 Å². The molecular formula is C63H98Si. The molecule has 0 heterocycles. The molecule has 0 aromatic heterocycles. The van der Waals surface area contributed by atoms with E-state index in [1.54, 1.807) is 48.9 Å². The van der Waals surface area contributed by atoms with Crippen LogP contribution in [0.2, 0.25) is 5.54 Å². The Kier molecular flexibility index (Phi) is 24.4. The number of hydrogen-bond acceptors (Lipinski definition) is 0. The highest BCUT2D eigenvalue weighted by atomic mass is 28.3. The number of rotatable bonds is 34. The number of benzene rings is 3. The van der Waals surface area contributed by atoms with Crippen LogP contribution in [0, 0.1) is 5.92 Å². The van der Waals surface area contributed by atoms with Crippen molar-refractivity contribution in [2.75, 3.05) is 0 Å². The first-order chi connectivity index (χ1) is 31.5. The van der Waals surface area contributed by atoms with E-state index in [0.717, 1.165) is 0 Å². The molecule has 3 aromatic carbocycles. The summed E-state index contributed by atoms with van der Waals surface area (Å²) in [6.45, 7) is 14.2. The van der Waals surface area contributed by atoms with Gasteiger partial charge in [-0.1, -0.05) is 236 Å². The largest absolute Gasteiger partial charge is 0.155 e. The average molecular weight is 884 g/mol. The van der Waals surface area contributed by atoms with E-state index in [4.69, 9.17) is 0 Å². The van der Waals surface area contributed by atoms with Crippen LogP contribution in [0.25, 0.3) is 0 Å². The molecule has 0 saturated heterocycles. The van der Waals surface area contributed by atoms with E-state index < -0.39 is 8.07 Å². The van der Waals surface area contributed by atoms with E-state index in [0.29, 0.717) is 11.5 Å². The summed E-state index contributed by atoms with van der Waals surface area (Å²) in [6, 6.07) is 25.2. The Morgan fingerprint density at radius 3 is 0.938 bits per heavy atom. The van der Waals surface area contributed by atoms with Gasteiger partial charge in [-0.2, -0.15) is 0 Å². The molecule has 2 aliphatic carbocycles. The van der Waals surface area contributed by atoms with Gasteiger partial charge in [0, 0.05) is 0 Å². The smallest absolute Gasteiger partial charge is 0.0839 e. The van der Waals surface area contributed by atoms with Gasteiger partial charge in [-0.05, 0) is 157 Å². The first-order valence-electron chi connectivity index (χ1n) is 28.3. The van der Waals surface area contributed by atoms with Crippen molar-refractivity contribution in [1.82, 2.24) is 0 Å². The monoisotopic (exact) mass is 883 g/mol. The fraction of sp³-hybridized carbons (Fsp3) is 0.651. The Morgan fingerprint density at radius 1 is 0.359 bits per heavy atom. The third-order valence-corrected chi connectivity index (χ3v) is 20.7. The Labute approximate surface area is 398 Å². The minimum Gasteiger partial charge on any atom is -0.0839 e. The molecule has 2 aliphatic rings. The molecule has 0 nitrogen and oxygen atoms in total. The second-order valence-corrected chi connectivity index (χ2v) is 25.0. The van der Waals surface area contributed by atoms with E-state index in [1.807, 2.05) is 5.57 Å². The molecule has 0 radical (unpaired) electrons. The predicted octanol–water partition coefficient (Wildman–Crippen LogP) is 17.6. The van der Waals surface area contributed by atoms with Gasteiger partial charge in [-0.3, -0.25) is 0 Å². The van der Waals surface area contributed by atoms with Crippen LogP contribution in [0.15, 0.2) is 78.4 Å². The topological polar surface area (TPSA) is 0 Å². The van der Waals surface area contributed by atoms with Crippen LogP contribution in [0.4, 0.5) is 0 Å². The van der Waals surface area contributed by atoms with Gasteiger partial charge < -0.3 is 0 Å². The first-order valence-corrected chi connectivity index (χ1v) is 30.3.